The summed E-state index contributed by atoms with van der Waals surface area (Å²) >= 11 is 0. The van der Waals surface area contributed by atoms with Gasteiger partial charge in [-0.1, -0.05) is 18.2 Å². The number of benzene rings is 1. The molecule has 1 amide bonds. The summed E-state index contributed by atoms with van der Waals surface area (Å²) in [6, 6.07) is 14.4. The van der Waals surface area contributed by atoms with E-state index in [4.69, 9.17) is 4.98 Å². The zero-order chi connectivity index (χ0) is 18.2. The van der Waals surface area contributed by atoms with Crippen LogP contribution in [0.3, 0.4) is 0 Å². The second-order valence-electron chi connectivity index (χ2n) is 7.38. The molecule has 27 heavy (non-hydrogen) atoms. The number of nitrogens with zero attached hydrogens (tertiary/aromatic N) is 4. The van der Waals surface area contributed by atoms with Crippen molar-refractivity contribution in [1.82, 2.24) is 14.9 Å². The smallest absolute Gasteiger partial charge is 0.241 e. The van der Waals surface area contributed by atoms with Crippen LogP contribution in [-0.4, -0.2) is 40.4 Å². The Morgan fingerprint density at radius 2 is 1.96 bits per heavy atom. The van der Waals surface area contributed by atoms with Crippen molar-refractivity contribution < 1.29 is 4.79 Å². The Bertz CT molecular complexity index is 1020. The van der Waals surface area contributed by atoms with Gasteiger partial charge in [0.15, 0.2) is 5.65 Å². The number of fused-ring (bicyclic) bond motifs is 3. The van der Waals surface area contributed by atoms with Crippen LogP contribution in [0, 0.1) is 0 Å². The van der Waals surface area contributed by atoms with Crippen molar-refractivity contribution in [3.05, 3.63) is 65.5 Å². The number of carbonyl (C=O) groups excluding carboxylic acids is 1. The number of hydrogen-bond acceptors (Lipinski definition) is 4. The van der Waals surface area contributed by atoms with E-state index in [9.17, 15) is 4.79 Å². The summed E-state index contributed by atoms with van der Waals surface area (Å²) in [5, 5.41) is 1.06. The zero-order valence-corrected chi connectivity index (χ0v) is 15.3. The molecule has 5 rings (SSSR count). The number of rotatable bonds is 2. The standard InChI is InChI=1S/C22H22N4O/c27-21(26-11-4-7-16-5-1-2-8-20(16)26)15-25-12-9-19-18(14-25)13-17-6-3-10-23-22(17)24-19/h1-3,5-6,8,10,13H,4,7,9,11-12,14-15H2. The van der Waals surface area contributed by atoms with Gasteiger partial charge in [-0.2, -0.15) is 0 Å². The number of anilines is 1. The van der Waals surface area contributed by atoms with Crippen LogP contribution >= 0.6 is 0 Å². The number of pyridine rings is 2. The maximum absolute atomic E-state index is 13.0. The number of para-hydroxylation sites is 1. The monoisotopic (exact) mass is 358 g/mol. The van der Waals surface area contributed by atoms with Crippen molar-refractivity contribution in [2.45, 2.75) is 25.8 Å². The zero-order valence-electron chi connectivity index (χ0n) is 15.3. The van der Waals surface area contributed by atoms with E-state index in [1.807, 2.05) is 23.1 Å². The summed E-state index contributed by atoms with van der Waals surface area (Å²) in [5.41, 5.74) is 5.52. The van der Waals surface area contributed by atoms with Crippen molar-refractivity contribution in [3.63, 3.8) is 0 Å². The average molecular weight is 358 g/mol. The highest BCUT2D eigenvalue weighted by molar-refractivity contribution is 5.96. The van der Waals surface area contributed by atoms with Gasteiger partial charge in [0, 0.05) is 49.0 Å². The first-order valence-corrected chi connectivity index (χ1v) is 9.62. The second kappa shape index (κ2) is 6.74. The van der Waals surface area contributed by atoms with E-state index in [0.29, 0.717) is 6.54 Å². The fourth-order valence-electron chi connectivity index (χ4n) is 4.23. The molecule has 0 fully saturated rings. The highest BCUT2D eigenvalue weighted by Crippen LogP contribution is 2.27. The Morgan fingerprint density at radius 1 is 1.04 bits per heavy atom. The summed E-state index contributed by atoms with van der Waals surface area (Å²) in [6.45, 7) is 2.91. The molecule has 0 saturated carbocycles. The molecule has 0 spiro atoms. The van der Waals surface area contributed by atoms with Crippen LogP contribution in [0.4, 0.5) is 5.69 Å². The fraction of sp³-hybridized carbons (Fsp3) is 0.318. The fourth-order valence-corrected chi connectivity index (χ4v) is 4.23. The highest BCUT2D eigenvalue weighted by Gasteiger charge is 2.26. The van der Waals surface area contributed by atoms with Gasteiger partial charge in [0.2, 0.25) is 5.91 Å². The minimum atomic E-state index is 0.195. The molecule has 0 bridgehead atoms. The molecule has 1 aromatic carbocycles. The molecule has 2 aromatic heterocycles. The third-order valence-electron chi connectivity index (χ3n) is 5.59. The topological polar surface area (TPSA) is 49.3 Å². The largest absolute Gasteiger partial charge is 0.311 e. The molecule has 2 aliphatic rings. The third kappa shape index (κ3) is 3.08. The van der Waals surface area contributed by atoms with Crippen LogP contribution < -0.4 is 4.90 Å². The maximum atomic E-state index is 13.0. The molecule has 3 aromatic rings. The summed E-state index contributed by atoms with van der Waals surface area (Å²) < 4.78 is 0. The number of hydrogen-bond donors (Lipinski definition) is 0. The molecule has 136 valence electrons. The van der Waals surface area contributed by atoms with Gasteiger partial charge >= 0.3 is 0 Å². The average Bonchev–Trinajstić information content (AvgIpc) is 2.71. The van der Waals surface area contributed by atoms with Gasteiger partial charge in [-0.05, 0) is 48.2 Å². The molecular weight excluding hydrogens is 336 g/mol. The molecule has 5 nitrogen and oxygen atoms in total. The van der Waals surface area contributed by atoms with Crippen molar-refractivity contribution in [2.75, 3.05) is 24.5 Å². The highest BCUT2D eigenvalue weighted by atomic mass is 16.2. The third-order valence-corrected chi connectivity index (χ3v) is 5.59. The summed E-state index contributed by atoms with van der Waals surface area (Å²) in [7, 11) is 0. The summed E-state index contributed by atoms with van der Waals surface area (Å²) in [4.78, 5) is 26.3. The van der Waals surface area contributed by atoms with Crippen LogP contribution in [0.25, 0.3) is 11.0 Å². The minimum Gasteiger partial charge on any atom is -0.311 e. The molecule has 0 unspecified atom stereocenters. The molecule has 4 heterocycles. The van der Waals surface area contributed by atoms with E-state index in [1.54, 1.807) is 6.20 Å². The van der Waals surface area contributed by atoms with Gasteiger partial charge in [0.05, 0.1) is 6.54 Å². The number of aromatic nitrogens is 2. The molecule has 0 atom stereocenters. The van der Waals surface area contributed by atoms with Crippen molar-refractivity contribution in [3.8, 4) is 0 Å². The number of aryl methyl sites for hydroxylation is 1. The number of carbonyl (C=O) groups is 1. The maximum Gasteiger partial charge on any atom is 0.241 e. The lowest BCUT2D eigenvalue weighted by Gasteiger charge is -2.33. The summed E-state index contributed by atoms with van der Waals surface area (Å²) in [6.07, 6.45) is 4.75. The first-order valence-electron chi connectivity index (χ1n) is 9.62. The Balaban J connectivity index is 1.34. The molecular formula is C22H22N4O. The van der Waals surface area contributed by atoms with E-state index >= 15 is 0 Å². The Morgan fingerprint density at radius 3 is 2.93 bits per heavy atom. The predicted molar refractivity (Wildman–Crippen MR) is 106 cm³/mol. The Labute approximate surface area is 158 Å². The lowest BCUT2D eigenvalue weighted by molar-refractivity contribution is -0.120. The van der Waals surface area contributed by atoms with Crippen LogP contribution in [0.1, 0.15) is 23.2 Å². The van der Waals surface area contributed by atoms with E-state index in [0.717, 1.165) is 61.3 Å². The molecule has 0 saturated heterocycles. The molecule has 0 aliphatic carbocycles. The minimum absolute atomic E-state index is 0.195. The van der Waals surface area contributed by atoms with Gasteiger partial charge in [-0.3, -0.25) is 9.69 Å². The number of amides is 1. The second-order valence-corrected chi connectivity index (χ2v) is 7.38. The first kappa shape index (κ1) is 16.4. The van der Waals surface area contributed by atoms with Crippen molar-refractivity contribution in [1.29, 1.82) is 0 Å². The van der Waals surface area contributed by atoms with E-state index < -0.39 is 0 Å². The van der Waals surface area contributed by atoms with Crippen molar-refractivity contribution in [2.24, 2.45) is 0 Å². The van der Waals surface area contributed by atoms with Gasteiger partial charge in [0.25, 0.3) is 0 Å². The van der Waals surface area contributed by atoms with Crippen LogP contribution in [0.2, 0.25) is 0 Å². The lowest BCUT2D eigenvalue weighted by Crippen LogP contribution is -2.44. The van der Waals surface area contributed by atoms with Crippen LogP contribution in [-0.2, 0) is 24.2 Å². The van der Waals surface area contributed by atoms with Gasteiger partial charge < -0.3 is 4.90 Å². The Kier molecular flexibility index (Phi) is 4.09. The van der Waals surface area contributed by atoms with E-state index in [-0.39, 0.29) is 5.91 Å². The van der Waals surface area contributed by atoms with Gasteiger partial charge in [-0.25, -0.2) is 9.97 Å². The van der Waals surface area contributed by atoms with Gasteiger partial charge in [-0.15, -0.1) is 0 Å². The van der Waals surface area contributed by atoms with Crippen molar-refractivity contribution >= 4 is 22.6 Å². The predicted octanol–water partition coefficient (Wildman–Crippen LogP) is 2.97. The van der Waals surface area contributed by atoms with Crippen LogP contribution in [0.5, 0.6) is 0 Å². The molecule has 0 radical (unpaired) electrons. The SMILES string of the molecule is O=C(CN1CCc2nc3ncccc3cc2C1)N1CCCc2ccccc21. The summed E-state index contributed by atoms with van der Waals surface area (Å²) in [5.74, 6) is 0.195. The van der Waals surface area contributed by atoms with Crippen LogP contribution in [0.15, 0.2) is 48.7 Å². The van der Waals surface area contributed by atoms with E-state index in [1.165, 1.54) is 11.1 Å². The molecule has 0 N–H and O–H groups in total. The van der Waals surface area contributed by atoms with E-state index in [2.05, 4.69) is 34.1 Å². The normalized spacial score (nSPS) is 16.8. The molecule has 2 aliphatic heterocycles. The lowest BCUT2D eigenvalue weighted by atomic mass is 10.0. The molecule has 5 heteroatoms. The first-order chi connectivity index (χ1) is 13.3. The quantitative estimate of drug-likeness (QED) is 0.707. The van der Waals surface area contributed by atoms with Gasteiger partial charge in [0.1, 0.15) is 0 Å². The Hall–Kier alpha value is -2.79.